The van der Waals surface area contributed by atoms with Crippen molar-refractivity contribution in [2.75, 3.05) is 19.8 Å². The van der Waals surface area contributed by atoms with Gasteiger partial charge in [0.2, 0.25) is 0 Å². The van der Waals surface area contributed by atoms with Gasteiger partial charge in [-0.3, -0.25) is 4.90 Å². The average molecular weight is 336 g/mol. The van der Waals surface area contributed by atoms with Gasteiger partial charge in [0.05, 0.1) is 19.3 Å². The normalized spacial score (nSPS) is 46.4. The summed E-state index contributed by atoms with van der Waals surface area (Å²) in [4.78, 5) is 2.49. The van der Waals surface area contributed by atoms with Crippen LogP contribution in [0.5, 0.6) is 0 Å². The van der Waals surface area contributed by atoms with E-state index >= 15 is 0 Å². The van der Waals surface area contributed by atoms with Gasteiger partial charge in [0.15, 0.2) is 0 Å². The van der Waals surface area contributed by atoms with Crippen molar-refractivity contribution in [3.05, 3.63) is 0 Å². The van der Waals surface area contributed by atoms with E-state index in [4.69, 9.17) is 4.74 Å². The summed E-state index contributed by atoms with van der Waals surface area (Å²) in [6.07, 6.45) is 12.2. The first-order valence-electron chi connectivity index (χ1n) is 10.5. The van der Waals surface area contributed by atoms with Crippen LogP contribution >= 0.6 is 0 Å². The molecule has 3 atom stereocenters. The molecule has 138 valence electrons. The SMILES string of the molecule is CC1CCCC(C)N1CC(O)COCC12CC3CC(CC(C3)C1)C2. The maximum atomic E-state index is 10.5. The number of hydrogen-bond donors (Lipinski definition) is 1. The maximum absolute atomic E-state index is 10.5. The van der Waals surface area contributed by atoms with Crippen molar-refractivity contribution in [2.45, 2.75) is 89.8 Å². The summed E-state index contributed by atoms with van der Waals surface area (Å²) in [5, 5.41) is 10.5. The van der Waals surface area contributed by atoms with Crippen molar-refractivity contribution < 1.29 is 9.84 Å². The Balaban J connectivity index is 1.24. The van der Waals surface area contributed by atoms with Crippen LogP contribution in [0.25, 0.3) is 0 Å². The molecule has 0 spiro atoms. The van der Waals surface area contributed by atoms with Crippen LogP contribution in [-0.2, 0) is 4.74 Å². The van der Waals surface area contributed by atoms with E-state index in [0.717, 1.165) is 30.9 Å². The zero-order chi connectivity index (χ0) is 16.7. The molecule has 24 heavy (non-hydrogen) atoms. The first-order chi connectivity index (χ1) is 11.5. The lowest BCUT2D eigenvalue weighted by atomic mass is 9.50. The Labute approximate surface area is 148 Å². The number of β-amino-alcohol motifs (C(OH)–C–C–N with tert-alkyl or cyclic N) is 1. The number of likely N-dealkylation sites (tertiary alicyclic amines) is 1. The predicted octanol–water partition coefficient (Wildman–Crippen LogP) is 3.84. The number of aliphatic hydroxyl groups is 1. The van der Waals surface area contributed by atoms with Gasteiger partial charge in [-0.25, -0.2) is 0 Å². The lowest BCUT2D eigenvalue weighted by Crippen LogP contribution is -2.49. The van der Waals surface area contributed by atoms with E-state index in [-0.39, 0.29) is 6.10 Å². The van der Waals surface area contributed by atoms with Crippen LogP contribution in [0.2, 0.25) is 0 Å². The summed E-state index contributed by atoms with van der Waals surface area (Å²) >= 11 is 0. The third kappa shape index (κ3) is 3.54. The zero-order valence-electron chi connectivity index (χ0n) is 15.8. The first kappa shape index (κ1) is 17.3. The molecule has 1 aliphatic heterocycles. The van der Waals surface area contributed by atoms with Crippen molar-refractivity contribution >= 4 is 0 Å². The molecule has 1 N–H and O–H groups in total. The van der Waals surface area contributed by atoms with Gasteiger partial charge in [-0.05, 0) is 88.4 Å². The van der Waals surface area contributed by atoms with E-state index in [2.05, 4.69) is 18.7 Å². The van der Waals surface area contributed by atoms with Crippen LogP contribution in [0.3, 0.4) is 0 Å². The highest BCUT2D eigenvalue weighted by Gasteiger charge is 2.50. The maximum Gasteiger partial charge on any atom is 0.0900 e. The highest BCUT2D eigenvalue weighted by Crippen LogP contribution is 2.60. The van der Waals surface area contributed by atoms with Gasteiger partial charge in [-0.15, -0.1) is 0 Å². The van der Waals surface area contributed by atoms with Crippen LogP contribution in [0.4, 0.5) is 0 Å². The summed E-state index contributed by atoms with van der Waals surface area (Å²) in [5.74, 6) is 2.96. The smallest absolute Gasteiger partial charge is 0.0900 e. The Hall–Kier alpha value is -0.120. The molecule has 0 aromatic carbocycles. The van der Waals surface area contributed by atoms with Crippen molar-refractivity contribution in [3.8, 4) is 0 Å². The van der Waals surface area contributed by atoms with Crippen molar-refractivity contribution in [1.82, 2.24) is 4.90 Å². The Kier molecular flexibility index (Phi) is 4.96. The lowest BCUT2D eigenvalue weighted by Gasteiger charge is -2.56. The number of nitrogens with zero attached hydrogens (tertiary/aromatic N) is 1. The molecule has 5 aliphatic rings. The van der Waals surface area contributed by atoms with E-state index in [0.29, 0.717) is 24.1 Å². The number of piperidine rings is 1. The molecule has 1 heterocycles. The molecule has 4 aliphatic carbocycles. The van der Waals surface area contributed by atoms with E-state index in [1.807, 2.05) is 0 Å². The summed E-state index contributed by atoms with van der Waals surface area (Å²) in [6, 6.07) is 1.21. The molecule has 0 aromatic rings. The molecule has 3 nitrogen and oxygen atoms in total. The summed E-state index contributed by atoms with van der Waals surface area (Å²) in [5.41, 5.74) is 0.472. The van der Waals surface area contributed by atoms with Crippen LogP contribution < -0.4 is 0 Å². The van der Waals surface area contributed by atoms with Crippen molar-refractivity contribution in [3.63, 3.8) is 0 Å². The van der Waals surface area contributed by atoms with Crippen molar-refractivity contribution in [1.29, 1.82) is 0 Å². The fourth-order valence-electron chi connectivity index (χ4n) is 7.01. The molecule has 3 heteroatoms. The number of ether oxygens (including phenoxy) is 1. The minimum absolute atomic E-state index is 0.332. The fourth-order valence-corrected chi connectivity index (χ4v) is 7.01. The van der Waals surface area contributed by atoms with Crippen molar-refractivity contribution in [2.24, 2.45) is 23.2 Å². The second kappa shape index (κ2) is 6.89. The zero-order valence-corrected chi connectivity index (χ0v) is 15.8. The Bertz CT molecular complexity index is 392. The highest BCUT2D eigenvalue weighted by molar-refractivity contribution is 5.01. The van der Waals surface area contributed by atoms with Gasteiger partial charge in [0, 0.05) is 18.6 Å². The lowest BCUT2D eigenvalue weighted by molar-refractivity contribution is -0.108. The van der Waals surface area contributed by atoms with Gasteiger partial charge in [0.25, 0.3) is 0 Å². The third-order valence-corrected chi connectivity index (χ3v) is 7.68. The number of rotatable bonds is 6. The second-order valence-electron chi connectivity index (χ2n) is 9.91. The molecule has 0 radical (unpaired) electrons. The Morgan fingerprint density at radius 1 is 1.00 bits per heavy atom. The predicted molar refractivity (Wildman–Crippen MR) is 96.9 cm³/mol. The first-order valence-corrected chi connectivity index (χ1v) is 10.5. The average Bonchev–Trinajstić information content (AvgIpc) is 2.49. The molecule has 4 saturated carbocycles. The molecule has 0 aromatic heterocycles. The number of aliphatic hydroxyl groups excluding tert-OH is 1. The molecule has 5 rings (SSSR count). The molecule has 4 bridgehead atoms. The highest BCUT2D eigenvalue weighted by atomic mass is 16.5. The molecule has 5 fully saturated rings. The summed E-state index contributed by atoms with van der Waals surface area (Å²) < 4.78 is 6.12. The van der Waals surface area contributed by atoms with Gasteiger partial charge >= 0.3 is 0 Å². The second-order valence-corrected chi connectivity index (χ2v) is 9.91. The summed E-state index contributed by atoms with van der Waals surface area (Å²) in [6.45, 7) is 6.82. The quantitative estimate of drug-likeness (QED) is 0.800. The van der Waals surface area contributed by atoms with E-state index in [1.54, 1.807) is 0 Å². The standard InChI is InChI=1S/C21H37NO2/c1-15-4-3-5-16(2)22(15)12-20(23)13-24-14-21-9-17-6-18(10-21)8-19(7-17)11-21/h15-20,23H,3-14H2,1-2H3. The third-order valence-electron chi connectivity index (χ3n) is 7.68. The molecule has 0 amide bonds. The van der Waals surface area contributed by atoms with Crippen LogP contribution in [-0.4, -0.2) is 48.0 Å². The van der Waals surface area contributed by atoms with E-state index < -0.39 is 0 Å². The van der Waals surface area contributed by atoms with Crippen LogP contribution in [0.1, 0.15) is 71.6 Å². The monoisotopic (exact) mass is 335 g/mol. The van der Waals surface area contributed by atoms with Crippen LogP contribution in [0.15, 0.2) is 0 Å². The number of hydrogen-bond acceptors (Lipinski definition) is 3. The van der Waals surface area contributed by atoms with Crippen LogP contribution in [0, 0.1) is 23.2 Å². The van der Waals surface area contributed by atoms with Gasteiger partial charge in [-0.2, -0.15) is 0 Å². The molecule has 1 saturated heterocycles. The minimum Gasteiger partial charge on any atom is -0.389 e. The Morgan fingerprint density at radius 3 is 2.08 bits per heavy atom. The molecular formula is C21H37NO2. The van der Waals surface area contributed by atoms with Gasteiger partial charge < -0.3 is 9.84 Å². The van der Waals surface area contributed by atoms with Gasteiger partial charge in [0.1, 0.15) is 0 Å². The summed E-state index contributed by atoms with van der Waals surface area (Å²) in [7, 11) is 0. The molecule has 3 unspecified atom stereocenters. The topological polar surface area (TPSA) is 32.7 Å². The van der Waals surface area contributed by atoms with Gasteiger partial charge in [-0.1, -0.05) is 6.42 Å². The Morgan fingerprint density at radius 2 is 1.54 bits per heavy atom. The largest absolute Gasteiger partial charge is 0.389 e. The van der Waals surface area contributed by atoms with E-state index in [9.17, 15) is 5.11 Å². The minimum atomic E-state index is -0.332. The molecular weight excluding hydrogens is 298 g/mol. The fraction of sp³-hybridized carbons (Fsp3) is 1.00. The van der Waals surface area contributed by atoms with E-state index in [1.165, 1.54) is 57.8 Å².